The van der Waals surface area contributed by atoms with Crippen LogP contribution in [0.5, 0.6) is 0 Å². The van der Waals surface area contributed by atoms with E-state index >= 15 is 0 Å². The van der Waals surface area contributed by atoms with Crippen LogP contribution in [0.25, 0.3) is 0 Å². The van der Waals surface area contributed by atoms with E-state index in [0.717, 1.165) is 24.0 Å². The Hall–Kier alpha value is -3.65. The summed E-state index contributed by atoms with van der Waals surface area (Å²) in [7, 11) is -3.93. The van der Waals surface area contributed by atoms with Crippen molar-refractivity contribution in [1.29, 1.82) is 0 Å². The second-order valence-electron chi connectivity index (χ2n) is 8.57. The van der Waals surface area contributed by atoms with E-state index in [0.29, 0.717) is 29.0 Å². The van der Waals surface area contributed by atoms with Crippen molar-refractivity contribution in [1.82, 2.24) is 5.32 Å². The van der Waals surface area contributed by atoms with Gasteiger partial charge in [-0.25, -0.2) is 8.42 Å². The molecule has 7 nitrogen and oxygen atoms in total. The van der Waals surface area contributed by atoms with E-state index in [-0.39, 0.29) is 16.4 Å². The Morgan fingerprint density at radius 3 is 2.23 bits per heavy atom. The Bertz CT molecular complexity index is 1330. The van der Waals surface area contributed by atoms with Crippen molar-refractivity contribution >= 4 is 33.2 Å². The molecule has 0 atom stereocenters. The summed E-state index contributed by atoms with van der Waals surface area (Å²) in [5.41, 5.74) is 3.69. The van der Waals surface area contributed by atoms with Gasteiger partial charge in [0.25, 0.3) is 21.8 Å². The molecular weight excluding hydrogens is 462 g/mol. The van der Waals surface area contributed by atoms with Crippen molar-refractivity contribution < 1.29 is 18.0 Å². The minimum Gasteiger partial charge on any atom is -0.352 e. The van der Waals surface area contributed by atoms with Gasteiger partial charge in [0.15, 0.2) is 0 Å². The van der Waals surface area contributed by atoms with Gasteiger partial charge in [-0.2, -0.15) is 0 Å². The third kappa shape index (κ3) is 6.70. The van der Waals surface area contributed by atoms with E-state index in [2.05, 4.69) is 15.4 Å². The first-order valence-corrected chi connectivity index (χ1v) is 13.0. The summed E-state index contributed by atoms with van der Waals surface area (Å²) in [4.78, 5) is 25.6. The molecule has 0 aromatic heterocycles. The maximum Gasteiger partial charge on any atom is 0.262 e. The summed E-state index contributed by atoms with van der Waals surface area (Å²) >= 11 is 0. The van der Waals surface area contributed by atoms with Crippen LogP contribution < -0.4 is 15.4 Å². The van der Waals surface area contributed by atoms with Crippen LogP contribution in [0.1, 0.15) is 57.2 Å². The Labute approximate surface area is 207 Å². The summed E-state index contributed by atoms with van der Waals surface area (Å²) in [5.74, 6) is -0.791. The minimum atomic E-state index is -3.93. The Balaban J connectivity index is 1.85. The molecule has 0 bridgehead atoms. The van der Waals surface area contributed by atoms with Gasteiger partial charge in [0, 0.05) is 17.8 Å². The number of amides is 2. The summed E-state index contributed by atoms with van der Waals surface area (Å²) < 4.78 is 28.9. The highest BCUT2D eigenvalue weighted by molar-refractivity contribution is 7.92. The van der Waals surface area contributed by atoms with Crippen molar-refractivity contribution in [2.24, 2.45) is 0 Å². The number of rotatable bonds is 9. The monoisotopic (exact) mass is 493 g/mol. The van der Waals surface area contributed by atoms with Gasteiger partial charge in [0.2, 0.25) is 0 Å². The molecule has 0 aliphatic rings. The van der Waals surface area contributed by atoms with E-state index in [1.165, 1.54) is 6.07 Å². The molecule has 0 radical (unpaired) electrons. The molecule has 0 fully saturated rings. The van der Waals surface area contributed by atoms with E-state index in [4.69, 9.17) is 0 Å². The van der Waals surface area contributed by atoms with Crippen molar-refractivity contribution in [2.45, 2.75) is 45.4 Å². The van der Waals surface area contributed by atoms with E-state index in [9.17, 15) is 18.0 Å². The highest BCUT2D eigenvalue weighted by Crippen LogP contribution is 2.23. The molecule has 3 N–H and O–H groups in total. The smallest absolute Gasteiger partial charge is 0.262 e. The second kappa shape index (κ2) is 11.2. The Morgan fingerprint density at radius 1 is 0.857 bits per heavy atom. The number of sulfonamides is 1. The maximum absolute atomic E-state index is 13.2. The molecule has 35 heavy (non-hydrogen) atoms. The number of nitrogens with one attached hydrogen (secondary N) is 3. The normalized spacial score (nSPS) is 11.1. The summed E-state index contributed by atoms with van der Waals surface area (Å²) in [6, 6.07) is 16.7. The lowest BCUT2D eigenvalue weighted by Crippen LogP contribution is -2.26. The standard InChI is InChI=1S/C27H31N3O4S/c1-5-6-13-28-27(32)23-9-7-8-10-24(23)29-26(31)21-12-11-20(4)25(17-21)35(33,34)30-22-15-18(2)14-19(3)16-22/h7-12,14-17,30H,5-6,13H2,1-4H3,(H,28,32)(H,29,31). The lowest BCUT2D eigenvalue weighted by atomic mass is 10.1. The highest BCUT2D eigenvalue weighted by Gasteiger charge is 2.21. The van der Waals surface area contributed by atoms with Gasteiger partial charge >= 0.3 is 0 Å². The molecule has 8 heteroatoms. The summed E-state index contributed by atoms with van der Waals surface area (Å²) in [5, 5.41) is 5.59. The zero-order valence-corrected chi connectivity index (χ0v) is 21.3. The predicted molar refractivity (Wildman–Crippen MR) is 140 cm³/mol. The molecule has 184 valence electrons. The molecule has 2 amide bonds. The van der Waals surface area contributed by atoms with Crippen molar-refractivity contribution in [2.75, 3.05) is 16.6 Å². The number of unbranched alkanes of at least 4 members (excludes halogenated alkanes) is 1. The topological polar surface area (TPSA) is 104 Å². The zero-order chi connectivity index (χ0) is 25.6. The SMILES string of the molecule is CCCCNC(=O)c1ccccc1NC(=O)c1ccc(C)c(S(=O)(=O)Nc2cc(C)cc(C)c2)c1. The lowest BCUT2D eigenvalue weighted by Gasteiger charge is -2.14. The fourth-order valence-corrected chi connectivity index (χ4v) is 5.05. The van der Waals surface area contributed by atoms with Gasteiger partial charge in [0.1, 0.15) is 0 Å². The third-order valence-corrected chi connectivity index (χ3v) is 6.97. The molecular formula is C27H31N3O4S. The van der Waals surface area contributed by atoms with Crippen LogP contribution in [-0.2, 0) is 10.0 Å². The van der Waals surface area contributed by atoms with E-state index < -0.39 is 15.9 Å². The van der Waals surface area contributed by atoms with Crippen LogP contribution in [0.3, 0.4) is 0 Å². The van der Waals surface area contributed by atoms with Gasteiger partial charge in [0.05, 0.1) is 16.1 Å². The number of para-hydroxylation sites is 1. The molecule has 0 aliphatic heterocycles. The Morgan fingerprint density at radius 2 is 1.54 bits per heavy atom. The largest absolute Gasteiger partial charge is 0.352 e. The van der Waals surface area contributed by atoms with Gasteiger partial charge in [-0.1, -0.05) is 37.6 Å². The number of benzene rings is 3. The first-order valence-electron chi connectivity index (χ1n) is 11.5. The molecule has 3 rings (SSSR count). The minimum absolute atomic E-state index is 0.00917. The quantitative estimate of drug-likeness (QED) is 0.357. The van der Waals surface area contributed by atoms with Crippen LogP contribution >= 0.6 is 0 Å². The maximum atomic E-state index is 13.2. The van der Waals surface area contributed by atoms with Crippen molar-refractivity contribution in [3.8, 4) is 0 Å². The number of anilines is 2. The van der Waals surface area contributed by atoms with Gasteiger partial charge in [-0.15, -0.1) is 0 Å². The van der Waals surface area contributed by atoms with Gasteiger partial charge < -0.3 is 10.6 Å². The number of hydrogen-bond acceptors (Lipinski definition) is 4. The van der Waals surface area contributed by atoms with Gasteiger partial charge in [-0.05, 0) is 80.3 Å². The van der Waals surface area contributed by atoms with Gasteiger partial charge in [-0.3, -0.25) is 14.3 Å². The van der Waals surface area contributed by atoms with Crippen molar-refractivity contribution in [3.63, 3.8) is 0 Å². The van der Waals surface area contributed by atoms with E-state index in [1.807, 2.05) is 26.8 Å². The fraction of sp³-hybridized carbons (Fsp3) is 0.259. The number of carbonyl (C=O) groups is 2. The number of aryl methyl sites for hydroxylation is 3. The zero-order valence-electron chi connectivity index (χ0n) is 20.4. The first kappa shape index (κ1) is 26.0. The second-order valence-corrected chi connectivity index (χ2v) is 10.2. The molecule has 0 saturated carbocycles. The van der Waals surface area contributed by atoms with Crippen LogP contribution in [0, 0.1) is 20.8 Å². The average molecular weight is 494 g/mol. The first-order chi connectivity index (χ1) is 16.6. The van der Waals surface area contributed by atoms with Crippen LogP contribution in [0.15, 0.2) is 65.6 Å². The molecule has 0 heterocycles. The number of hydrogen-bond donors (Lipinski definition) is 3. The van der Waals surface area contributed by atoms with Crippen LogP contribution in [0.2, 0.25) is 0 Å². The molecule has 0 aliphatic carbocycles. The summed E-state index contributed by atoms with van der Waals surface area (Å²) in [6.45, 7) is 8.04. The molecule has 0 spiro atoms. The highest BCUT2D eigenvalue weighted by atomic mass is 32.2. The van der Waals surface area contributed by atoms with Crippen molar-refractivity contribution in [3.05, 3.63) is 88.5 Å². The third-order valence-electron chi connectivity index (χ3n) is 5.45. The summed E-state index contributed by atoms with van der Waals surface area (Å²) in [6.07, 6.45) is 1.81. The molecule has 3 aromatic carbocycles. The number of carbonyl (C=O) groups excluding carboxylic acids is 2. The molecule has 3 aromatic rings. The lowest BCUT2D eigenvalue weighted by molar-refractivity contribution is 0.0954. The van der Waals surface area contributed by atoms with E-state index in [1.54, 1.807) is 55.5 Å². The van der Waals surface area contributed by atoms with Crippen LogP contribution in [-0.4, -0.2) is 26.8 Å². The Kier molecular flexibility index (Phi) is 8.30. The molecule has 0 saturated heterocycles. The fourth-order valence-electron chi connectivity index (χ4n) is 3.73. The predicted octanol–water partition coefficient (Wildman–Crippen LogP) is 5.19. The van der Waals surface area contributed by atoms with Crippen LogP contribution in [0.4, 0.5) is 11.4 Å². The average Bonchev–Trinajstić information content (AvgIpc) is 2.78. The molecule has 0 unspecified atom stereocenters.